The summed E-state index contributed by atoms with van der Waals surface area (Å²) in [4.78, 5) is 8.64. The van der Waals surface area contributed by atoms with Gasteiger partial charge in [-0.2, -0.15) is 4.98 Å². The highest BCUT2D eigenvalue weighted by atomic mass is 16.5. The molecule has 5 nitrogen and oxygen atoms in total. The van der Waals surface area contributed by atoms with Gasteiger partial charge in [0.25, 0.3) is 0 Å². The highest BCUT2D eigenvalue weighted by Crippen LogP contribution is 2.17. The number of rotatable bonds is 5. The summed E-state index contributed by atoms with van der Waals surface area (Å²) in [5.74, 6) is 2.46. The van der Waals surface area contributed by atoms with E-state index in [9.17, 15) is 0 Å². The van der Waals surface area contributed by atoms with Crippen LogP contribution in [0.4, 0.5) is 0 Å². The molecule has 0 aliphatic heterocycles. The maximum absolute atomic E-state index is 5.31. The molecule has 0 N–H and O–H groups in total. The lowest BCUT2D eigenvalue weighted by Gasteiger charge is -2.05. The quantitative estimate of drug-likeness (QED) is 0.724. The maximum Gasteiger partial charge on any atom is 0.238 e. The average molecular weight is 296 g/mol. The molecule has 5 heteroatoms. The van der Waals surface area contributed by atoms with Crippen LogP contribution in [0.15, 0.2) is 41.2 Å². The number of aryl methyl sites for hydroxylation is 3. The van der Waals surface area contributed by atoms with Crippen LogP contribution in [0.25, 0.3) is 11.6 Å². The van der Waals surface area contributed by atoms with E-state index in [-0.39, 0.29) is 0 Å². The van der Waals surface area contributed by atoms with Crippen molar-refractivity contribution < 1.29 is 4.52 Å². The molecule has 2 heterocycles. The van der Waals surface area contributed by atoms with Crippen molar-refractivity contribution in [3.8, 4) is 11.6 Å². The van der Waals surface area contributed by atoms with Gasteiger partial charge in [-0.3, -0.25) is 0 Å². The molecule has 1 aromatic carbocycles. The number of aromatic nitrogens is 4. The Hall–Kier alpha value is -2.43. The van der Waals surface area contributed by atoms with Gasteiger partial charge in [0.05, 0.1) is 0 Å². The van der Waals surface area contributed by atoms with Crippen LogP contribution in [-0.4, -0.2) is 19.7 Å². The number of benzene rings is 1. The van der Waals surface area contributed by atoms with E-state index in [0.29, 0.717) is 17.6 Å². The minimum atomic E-state index is 0.539. The van der Waals surface area contributed by atoms with E-state index < -0.39 is 0 Å². The van der Waals surface area contributed by atoms with Crippen LogP contribution in [0.1, 0.15) is 36.8 Å². The molecule has 0 aliphatic rings. The van der Waals surface area contributed by atoms with Crippen molar-refractivity contribution in [2.24, 2.45) is 7.05 Å². The first kappa shape index (κ1) is 14.5. The second-order valence-electron chi connectivity index (χ2n) is 5.77. The summed E-state index contributed by atoms with van der Waals surface area (Å²) in [7, 11) is 1.91. The zero-order chi connectivity index (χ0) is 15.5. The second-order valence-corrected chi connectivity index (χ2v) is 5.77. The summed E-state index contributed by atoms with van der Waals surface area (Å²) in [5.41, 5.74) is 2.64. The van der Waals surface area contributed by atoms with Crippen LogP contribution in [-0.2, 0) is 19.9 Å². The molecule has 3 rings (SSSR count). The minimum Gasteiger partial charge on any atom is -0.339 e. The van der Waals surface area contributed by atoms with E-state index in [1.54, 1.807) is 6.20 Å². The molecule has 0 aliphatic carbocycles. The Balaban J connectivity index is 1.65. The summed E-state index contributed by atoms with van der Waals surface area (Å²) in [6.07, 6.45) is 5.21. The molecule has 0 saturated heterocycles. The molecule has 2 aromatic heterocycles. The molecule has 0 amide bonds. The van der Waals surface area contributed by atoms with Gasteiger partial charge in [-0.25, -0.2) is 4.98 Å². The van der Waals surface area contributed by atoms with E-state index in [0.717, 1.165) is 18.7 Å². The first-order valence-electron chi connectivity index (χ1n) is 7.52. The second kappa shape index (κ2) is 6.13. The van der Waals surface area contributed by atoms with Gasteiger partial charge in [0.1, 0.15) is 0 Å². The van der Waals surface area contributed by atoms with Gasteiger partial charge in [-0.1, -0.05) is 43.3 Å². The Labute approximate surface area is 130 Å². The zero-order valence-corrected chi connectivity index (χ0v) is 13.2. The zero-order valence-electron chi connectivity index (χ0n) is 13.2. The number of imidazole rings is 1. The van der Waals surface area contributed by atoms with Crippen LogP contribution in [0.5, 0.6) is 0 Å². The van der Waals surface area contributed by atoms with Crippen LogP contribution in [0.2, 0.25) is 0 Å². The molecule has 0 bridgehead atoms. The average Bonchev–Trinajstić information content (AvgIpc) is 3.14. The van der Waals surface area contributed by atoms with Crippen molar-refractivity contribution in [2.45, 2.75) is 32.6 Å². The third-order valence-electron chi connectivity index (χ3n) is 3.76. The standard InChI is InChI=1S/C17H20N4O/c1-12(2)14-7-4-13(5-8-14)6-9-15-19-16(20-22-15)17-18-10-11-21(17)3/h4-5,7-8,10-12H,6,9H2,1-3H3. The summed E-state index contributed by atoms with van der Waals surface area (Å²) in [5, 5.41) is 4.00. The summed E-state index contributed by atoms with van der Waals surface area (Å²) < 4.78 is 7.19. The molecular weight excluding hydrogens is 276 g/mol. The SMILES string of the molecule is CC(C)c1ccc(CCc2nc(-c3nccn3C)no2)cc1. The third-order valence-corrected chi connectivity index (χ3v) is 3.76. The van der Waals surface area contributed by atoms with Crippen molar-refractivity contribution in [3.63, 3.8) is 0 Å². The molecule has 3 aromatic rings. The molecule has 0 spiro atoms. The predicted octanol–water partition coefficient (Wildman–Crippen LogP) is 3.38. The Morgan fingerprint density at radius 3 is 2.55 bits per heavy atom. The molecule has 0 unspecified atom stereocenters. The third kappa shape index (κ3) is 3.08. The van der Waals surface area contributed by atoms with Gasteiger partial charge in [-0.15, -0.1) is 0 Å². The van der Waals surface area contributed by atoms with Crippen LogP contribution in [0, 0.1) is 0 Å². The highest BCUT2D eigenvalue weighted by molar-refractivity contribution is 5.42. The van der Waals surface area contributed by atoms with Crippen molar-refractivity contribution in [2.75, 3.05) is 0 Å². The Kier molecular flexibility index (Phi) is 4.04. The van der Waals surface area contributed by atoms with Crippen molar-refractivity contribution in [1.29, 1.82) is 0 Å². The molecule has 0 saturated carbocycles. The first-order chi connectivity index (χ1) is 10.6. The van der Waals surface area contributed by atoms with E-state index in [4.69, 9.17) is 4.52 Å². The number of hydrogen-bond donors (Lipinski definition) is 0. The largest absolute Gasteiger partial charge is 0.339 e. The summed E-state index contributed by atoms with van der Waals surface area (Å²) >= 11 is 0. The number of hydrogen-bond acceptors (Lipinski definition) is 4. The summed E-state index contributed by atoms with van der Waals surface area (Å²) in [6.45, 7) is 4.40. The Morgan fingerprint density at radius 1 is 1.14 bits per heavy atom. The van der Waals surface area contributed by atoms with Gasteiger partial charge in [0.2, 0.25) is 11.7 Å². The van der Waals surface area contributed by atoms with Crippen LogP contribution >= 0.6 is 0 Å². The van der Waals surface area contributed by atoms with Crippen LogP contribution < -0.4 is 0 Å². The lowest BCUT2D eigenvalue weighted by molar-refractivity contribution is 0.378. The molecule has 22 heavy (non-hydrogen) atoms. The Bertz CT molecular complexity index is 740. The van der Waals surface area contributed by atoms with Crippen LogP contribution in [0.3, 0.4) is 0 Å². The molecule has 0 fully saturated rings. The first-order valence-corrected chi connectivity index (χ1v) is 7.52. The maximum atomic E-state index is 5.31. The Morgan fingerprint density at radius 2 is 1.91 bits per heavy atom. The smallest absolute Gasteiger partial charge is 0.238 e. The molecule has 0 radical (unpaired) electrons. The van der Waals surface area contributed by atoms with E-state index in [1.807, 2.05) is 17.8 Å². The van der Waals surface area contributed by atoms with E-state index in [1.165, 1.54) is 11.1 Å². The van der Waals surface area contributed by atoms with Gasteiger partial charge >= 0.3 is 0 Å². The van der Waals surface area contributed by atoms with E-state index >= 15 is 0 Å². The normalized spacial score (nSPS) is 11.3. The molecule has 114 valence electrons. The minimum absolute atomic E-state index is 0.539. The summed E-state index contributed by atoms with van der Waals surface area (Å²) in [6, 6.07) is 8.72. The topological polar surface area (TPSA) is 56.7 Å². The molecule has 0 atom stereocenters. The van der Waals surface area contributed by atoms with Gasteiger partial charge in [0.15, 0.2) is 5.82 Å². The predicted molar refractivity (Wildman–Crippen MR) is 84.4 cm³/mol. The van der Waals surface area contributed by atoms with Gasteiger partial charge in [-0.05, 0) is 23.5 Å². The fourth-order valence-corrected chi connectivity index (χ4v) is 2.35. The monoisotopic (exact) mass is 296 g/mol. The lowest BCUT2D eigenvalue weighted by atomic mass is 10.0. The fraction of sp³-hybridized carbons (Fsp3) is 0.353. The lowest BCUT2D eigenvalue weighted by Crippen LogP contribution is -1.95. The van der Waals surface area contributed by atoms with E-state index in [2.05, 4.69) is 53.2 Å². The van der Waals surface area contributed by atoms with Crippen molar-refractivity contribution in [1.82, 2.24) is 19.7 Å². The van der Waals surface area contributed by atoms with Crippen molar-refractivity contribution in [3.05, 3.63) is 53.7 Å². The van der Waals surface area contributed by atoms with Gasteiger partial charge in [0, 0.05) is 25.9 Å². The molecular formula is C17H20N4O. The highest BCUT2D eigenvalue weighted by Gasteiger charge is 2.12. The van der Waals surface area contributed by atoms with Gasteiger partial charge < -0.3 is 9.09 Å². The van der Waals surface area contributed by atoms with Crippen molar-refractivity contribution >= 4 is 0 Å². The number of nitrogens with zero attached hydrogens (tertiary/aromatic N) is 4. The fourth-order valence-electron chi connectivity index (χ4n) is 2.35.